The van der Waals surface area contributed by atoms with Gasteiger partial charge in [-0.05, 0) is 27.2 Å². The van der Waals surface area contributed by atoms with Crippen LogP contribution in [0.15, 0.2) is 23.7 Å². The monoisotopic (exact) mass is 409 g/mol. The van der Waals surface area contributed by atoms with Gasteiger partial charge in [0.05, 0.1) is 18.5 Å². The Hall–Kier alpha value is -0.830. The maximum absolute atomic E-state index is 5.37. The number of nitrogens with one attached hydrogen (secondary N) is 2. The number of rotatable bonds is 8. The topological polar surface area (TPSA) is 63.5 Å². The zero-order valence-corrected chi connectivity index (χ0v) is 15.8. The summed E-state index contributed by atoms with van der Waals surface area (Å²) in [5, 5.41) is 6.57. The third-order valence-electron chi connectivity index (χ3n) is 2.96. The molecule has 1 rings (SSSR count). The number of aliphatic imine (C=N–C) groups is 1. The molecule has 0 aliphatic carbocycles. The second kappa shape index (κ2) is 10.8. The molecule has 0 radical (unpaired) electrons. The zero-order valence-electron chi connectivity index (χ0n) is 13.4. The Morgan fingerprint density at radius 1 is 1.38 bits per heavy atom. The van der Waals surface area contributed by atoms with Gasteiger partial charge in [-0.15, -0.1) is 24.0 Å². The third kappa shape index (κ3) is 8.92. The molecule has 122 valence electrons. The van der Waals surface area contributed by atoms with E-state index in [-0.39, 0.29) is 29.6 Å². The summed E-state index contributed by atoms with van der Waals surface area (Å²) in [4.78, 5) is 8.56. The van der Waals surface area contributed by atoms with E-state index >= 15 is 0 Å². The van der Waals surface area contributed by atoms with E-state index < -0.39 is 0 Å². The molecule has 6 nitrogen and oxygen atoms in total. The highest BCUT2D eigenvalue weighted by Gasteiger charge is 2.15. The van der Waals surface area contributed by atoms with Gasteiger partial charge in [0, 0.05) is 39.1 Å². The molecule has 1 heterocycles. The van der Waals surface area contributed by atoms with Gasteiger partial charge >= 0.3 is 0 Å². The van der Waals surface area contributed by atoms with Crippen molar-refractivity contribution in [1.82, 2.24) is 20.2 Å². The van der Waals surface area contributed by atoms with Crippen molar-refractivity contribution in [3.05, 3.63) is 18.7 Å². The first-order valence-corrected chi connectivity index (χ1v) is 7.10. The summed E-state index contributed by atoms with van der Waals surface area (Å²) < 4.78 is 7.44. The van der Waals surface area contributed by atoms with Crippen LogP contribution in [0.25, 0.3) is 0 Å². The molecule has 0 saturated carbocycles. The van der Waals surface area contributed by atoms with E-state index in [0.29, 0.717) is 6.54 Å². The lowest BCUT2D eigenvalue weighted by atomic mass is 10.1. The van der Waals surface area contributed by atoms with Gasteiger partial charge in [-0.2, -0.15) is 0 Å². The second-order valence-electron chi connectivity index (χ2n) is 5.24. The molecule has 0 spiro atoms. The van der Waals surface area contributed by atoms with Crippen molar-refractivity contribution in [2.75, 3.05) is 26.7 Å². The fourth-order valence-corrected chi connectivity index (χ4v) is 1.56. The molecule has 0 unspecified atom stereocenters. The third-order valence-corrected chi connectivity index (χ3v) is 2.96. The predicted octanol–water partition coefficient (Wildman–Crippen LogP) is 1.87. The average molecular weight is 409 g/mol. The number of methoxy groups -OCH3 is 1. The van der Waals surface area contributed by atoms with Crippen molar-refractivity contribution in [2.45, 2.75) is 39.3 Å². The summed E-state index contributed by atoms with van der Waals surface area (Å²) in [7, 11) is 1.71. The SMILES string of the molecule is CCNC(=NCC(C)(C)OC)NCCCn1ccnc1.I. The zero-order chi connectivity index (χ0) is 14.8. The van der Waals surface area contributed by atoms with Crippen LogP contribution in [0.5, 0.6) is 0 Å². The van der Waals surface area contributed by atoms with Crippen molar-refractivity contribution >= 4 is 29.9 Å². The lowest BCUT2D eigenvalue weighted by Gasteiger charge is -2.21. The predicted molar refractivity (Wildman–Crippen MR) is 97.3 cm³/mol. The van der Waals surface area contributed by atoms with Crippen molar-refractivity contribution in [3.8, 4) is 0 Å². The van der Waals surface area contributed by atoms with Crippen LogP contribution in [-0.2, 0) is 11.3 Å². The number of aromatic nitrogens is 2. The molecular weight excluding hydrogens is 381 g/mol. The van der Waals surface area contributed by atoms with Crippen LogP contribution in [0.1, 0.15) is 27.2 Å². The molecule has 0 bridgehead atoms. The first-order valence-electron chi connectivity index (χ1n) is 7.10. The van der Waals surface area contributed by atoms with Gasteiger partial charge in [-0.25, -0.2) is 4.98 Å². The van der Waals surface area contributed by atoms with Crippen molar-refractivity contribution in [1.29, 1.82) is 0 Å². The van der Waals surface area contributed by atoms with E-state index in [1.165, 1.54) is 0 Å². The lowest BCUT2D eigenvalue weighted by Crippen LogP contribution is -2.39. The molecule has 0 aliphatic rings. The minimum atomic E-state index is -0.237. The summed E-state index contributed by atoms with van der Waals surface area (Å²) in [5.74, 6) is 0.836. The minimum Gasteiger partial charge on any atom is -0.377 e. The lowest BCUT2D eigenvalue weighted by molar-refractivity contribution is 0.0310. The standard InChI is InChI=1S/C14H27N5O.HI/c1-5-16-13(18-11-14(2,3)20-4)17-7-6-9-19-10-8-15-12-19;/h8,10,12H,5-7,9,11H2,1-4H3,(H2,16,17,18);1H. The Balaban J connectivity index is 0.00000400. The fourth-order valence-electron chi connectivity index (χ4n) is 1.56. The number of hydrogen-bond acceptors (Lipinski definition) is 3. The number of imidazole rings is 1. The highest BCUT2D eigenvalue weighted by Crippen LogP contribution is 2.06. The Morgan fingerprint density at radius 3 is 2.71 bits per heavy atom. The molecule has 0 saturated heterocycles. The average Bonchev–Trinajstić information content (AvgIpc) is 2.94. The van der Waals surface area contributed by atoms with Gasteiger partial charge in [0.1, 0.15) is 0 Å². The van der Waals surface area contributed by atoms with Gasteiger partial charge in [-0.1, -0.05) is 0 Å². The number of nitrogens with zero attached hydrogens (tertiary/aromatic N) is 3. The van der Waals surface area contributed by atoms with Crippen LogP contribution < -0.4 is 10.6 Å². The summed E-state index contributed by atoms with van der Waals surface area (Å²) in [6, 6.07) is 0. The number of ether oxygens (including phenoxy) is 1. The van der Waals surface area contributed by atoms with Gasteiger partial charge < -0.3 is 19.9 Å². The van der Waals surface area contributed by atoms with E-state index in [2.05, 4.69) is 32.1 Å². The first kappa shape index (κ1) is 20.2. The maximum Gasteiger partial charge on any atom is 0.191 e. The van der Waals surface area contributed by atoms with E-state index in [4.69, 9.17) is 4.74 Å². The van der Waals surface area contributed by atoms with Crippen LogP contribution in [0, 0.1) is 0 Å². The molecule has 2 N–H and O–H groups in total. The van der Waals surface area contributed by atoms with E-state index in [0.717, 1.165) is 32.0 Å². The Kier molecular flexibility index (Phi) is 10.4. The normalized spacial score (nSPS) is 11.9. The van der Waals surface area contributed by atoms with Gasteiger partial charge in [0.25, 0.3) is 0 Å². The van der Waals surface area contributed by atoms with Crippen molar-refractivity contribution in [3.63, 3.8) is 0 Å². The summed E-state index contributed by atoms with van der Waals surface area (Å²) >= 11 is 0. The molecule has 1 aromatic heterocycles. The summed E-state index contributed by atoms with van der Waals surface area (Å²) in [6.45, 7) is 9.41. The van der Waals surface area contributed by atoms with Crippen LogP contribution in [0.4, 0.5) is 0 Å². The Bertz CT molecular complexity index is 392. The molecular formula is C14H28IN5O. The number of guanidine groups is 1. The quantitative estimate of drug-likeness (QED) is 0.298. The molecule has 21 heavy (non-hydrogen) atoms. The Morgan fingerprint density at radius 2 is 2.14 bits per heavy atom. The Labute approximate surface area is 144 Å². The van der Waals surface area contributed by atoms with Crippen LogP contribution >= 0.6 is 24.0 Å². The fraction of sp³-hybridized carbons (Fsp3) is 0.714. The molecule has 1 aromatic rings. The maximum atomic E-state index is 5.37. The molecule has 0 atom stereocenters. The van der Waals surface area contributed by atoms with Crippen molar-refractivity contribution in [2.24, 2.45) is 4.99 Å². The summed E-state index contributed by atoms with van der Waals surface area (Å²) in [6.07, 6.45) is 6.63. The number of aryl methyl sites for hydroxylation is 1. The number of hydrogen-bond donors (Lipinski definition) is 2. The summed E-state index contributed by atoms with van der Waals surface area (Å²) in [5.41, 5.74) is -0.237. The molecule has 0 fully saturated rings. The van der Waals surface area contributed by atoms with E-state index in [1.807, 2.05) is 26.4 Å². The molecule has 0 amide bonds. The van der Waals surface area contributed by atoms with Crippen LogP contribution in [0.3, 0.4) is 0 Å². The number of halogens is 1. The van der Waals surface area contributed by atoms with E-state index in [1.54, 1.807) is 13.3 Å². The van der Waals surface area contributed by atoms with Crippen LogP contribution in [0.2, 0.25) is 0 Å². The van der Waals surface area contributed by atoms with Crippen molar-refractivity contribution < 1.29 is 4.74 Å². The van der Waals surface area contributed by atoms with Gasteiger partial charge in [0.2, 0.25) is 0 Å². The van der Waals surface area contributed by atoms with Gasteiger partial charge in [0.15, 0.2) is 5.96 Å². The second-order valence-corrected chi connectivity index (χ2v) is 5.24. The first-order chi connectivity index (χ1) is 9.57. The largest absolute Gasteiger partial charge is 0.377 e. The van der Waals surface area contributed by atoms with Gasteiger partial charge in [-0.3, -0.25) is 4.99 Å². The molecule has 0 aliphatic heterocycles. The smallest absolute Gasteiger partial charge is 0.191 e. The van der Waals surface area contributed by atoms with Crippen LogP contribution in [-0.4, -0.2) is 47.9 Å². The van der Waals surface area contributed by atoms with E-state index in [9.17, 15) is 0 Å². The molecule has 7 heteroatoms. The highest BCUT2D eigenvalue weighted by molar-refractivity contribution is 14.0. The highest BCUT2D eigenvalue weighted by atomic mass is 127. The molecule has 0 aromatic carbocycles. The minimum absolute atomic E-state index is 0.